The fourth-order valence-electron chi connectivity index (χ4n) is 1.11. The molecule has 1 aromatic heterocycles. The van der Waals surface area contributed by atoms with Crippen molar-refractivity contribution in [2.75, 3.05) is 0 Å². The van der Waals surface area contributed by atoms with Gasteiger partial charge in [0, 0.05) is 28.8 Å². The van der Waals surface area contributed by atoms with Crippen molar-refractivity contribution in [2.24, 2.45) is 5.73 Å². The van der Waals surface area contributed by atoms with Crippen LogP contribution in [0.2, 0.25) is 0 Å². The van der Waals surface area contributed by atoms with Crippen LogP contribution in [0.4, 0.5) is 0 Å². The molecule has 0 aromatic carbocycles. The first kappa shape index (κ1) is 11.3. The number of aromatic nitrogens is 1. The van der Waals surface area contributed by atoms with E-state index in [0.717, 1.165) is 11.3 Å². The third-order valence-corrected chi connectivity index (χ3v) is 3.65. The summed E-state index contributed by atoms with van der Waals surface area (Å²) in [6, 6.07) is 3.79. The first-order chi connectivity index (χ1) is 6.65. The van der Waals surface area contributed by atoms with Crippen LogP contribution < -0.4 is 5.73 Å². The van der Waals surface area contributed by atoms with Crippen molar-refractivity contribution in [3.05, 3.63) is 29.6 Å². The molecule has 0 fully saturated rings. The normalized spacial score (nSPS) is 13.1. The molecule has 0 spiro atoms. The molecule has 1 aromatic rings. The summed E-state index contributed by atoms with van der Waals surface area (Å²) in [5.74, 6) is 0.554. The van der Waals surface area contributed by atoms with Crippen LogP contribution >= 0.6 is 0 Å². The van der Waals surface area contributed by atoms with Crippen LogP contribution in [0.1, 0.15) is 25.1 Å². The van der Waals surface area contributed by atoms with Crippen LogP contribution in [0.5, 0.6) is 0 Å². The molecule has 4 heteroatoms. The van der Waals surface area contributed by atoms with Crippen LogP contribution in [0.3, 0.4) is 0 Å². The summed E-state index contributed by atoms with van der Waals surface area (Å²) in [6.45, 7) is 4.31. The summed E-state index contributed by atoms with van der Waals surface area (Å²) in [5.41, 5.74) is 7.39. The smallest absolute Gasteiger partial charge is 0.0580 e. The Balaban J connectivity index is 2.80. The van der Waals surface area contributed by atoms with Crippen molar-refractivity contribution in [3.8, 4) is 0 Å². The highest BCUT2D eigenvalue weighted by Crippen LogP contribution is 2.10. The summed E-state index contributed by atoms with van der Waals surface area (Å²) < 4.78 is 11.6. The van der Waals surface area contributed by atoms with Gasteiger partial charge in [0.15, 0.2) is 0 Å². The third kappa shape index (κ3) is 2.89. The lowest BCUT2D eigenvalue weighted by atomic mass is 10.2. The summed E-state index contributed by atoms with van der Waals surface area (Å²) in [5, 5.41) is 0.181. The van der Waals surface area contributed by atoms with Crippen molar-refractivity contribution >= 4 is 10.8 Å². The van der Waals surface area contributed by atoms with Gasteiger partial charge in [-0.1, -0.05) is 19.9 Å². The zero-order valence-corrected chi connectivity index (χ0v) is 9.38. The summed E-state index contributed by atoms with van der Waals surface area (Å²) in [6.07, 6.45) is 1.71. The molecule has 2 N–H and O–H groups in total. The number of pyridine rings is 1. The van der Waals surface area contributed by atoms with E-state index < -0.39 is 10.8 Å². The molecule has 3 nitrogen and oxygen atoms in total. The van der Waals surface area contributed by atoms with Gasteiger partial charge in [0.05, 0.1) is 11.4 Å². The molecule has 1 atom stereocenters. The molecule has 14 heavy (non-hydrogen) atoms. The summed E-state index contributed by atoms with van der Waals surface area (Å²) in [4.78, 5) is 4.15. The molecule has 0 aliphatic carbocycles. The predicted molar refractivity (Wildman–Crippen MR) is 59.1 cm³/mol. The molecule has 0 bridgehead atoms. The average Bonchev–Trinajstić information content (AvgIpc) is 2.18. The van der Waals surface area contributed by atoms with Crippen LogP contribution in [-0.2, 0) is 23.1 Å². The molecule has 0 aliphatic heterocycles. The van der Waals surface area contributed by atoms with E-state index in [-0.39, 0.29) is 5.25 Å². The Morgan fingerprint density at radius 2 is 2.29 bits per heavy atom. The van der Waals surface area contributed by atoms with Crippen LogP contribution in [-0.4, -0.2) is 14.4 Å². The number of nitrogens with zero attached hydrogens (tertiary/aromatic N) is 1. The van der Waals surface area contributed by atoms with Gasteiger partial charge >= 0.3 is 0 Å². The molecule has 0 aliphatic rings. The van der Waals surface area contributed by atoms with Gasteiger partial charge in [-0.3, -0.25) is 9.19 Å². The van der Waals surface area contributed by atoms with E-state index in [9.17, 15) is 4.21 Å². The van der Waals surface area contributed by atoms with Gasteiger partial charge in [-0.25, -0.2) is 0 Å². The van der Waals surface area contributed by atoms with E-state index in [1.807, 2.05) is 26.0 Å². The SMILES string of the molecule is CC(C)S(=O)Cc1cccnc1CN. The maximum absolute atomic E-state index is 11.6. The van der Waals surface area contributed by atoms with Crippen molar-refractivity contribution in [1.29, 1.82) is 0 Å². The van der Waals surface area contributed by atoms with Gasteiger partial charge in [0.25, 0.3) is 0 Å². The Morgan fingerprint density at radius 1 is 1.57 bits per heavy atom. The molecule has 78 valence electrons. The standard InChI is InChI=1S/C10H16N2OS/c1-8(2)14(13)7-9-4-3-5-12-10(9)6-11/h3-5,8H,6-7,11H2,1-2H3. The molecule has 1 heterocycles. The lowest BCUT2D eigenvalue weighted by molar-refractivity contribution is 0.676. The number of hydrogen-bond donors (Lipinski definition) is 1. The predicted octanol–water partition coefficient (Wildman–Crippen LogP) is 1.20. The van der Waals surface area contributed by atoms with E-state index in [4.69, 9.17) is 5.73 Å². The number of hydrogen-bond acceptors (Lipinski definition) is 3. The minimum Gasteiger partial charge on any atom is -0.325 e. The van der Waals surface area contributed by atoms with Crippen LogP contribution in [0.25, 0.3) is 0 Å². The van der Waals surface area contributed by atoms with Gasteiger partial charge in [-0.2, -0.15) is 0 Å². The molecule has 0 saturated heterocycles. The van der Waals surface area contributed by atoms with Gasteiger partial charge < -0.3 is 5.73 Å². The monoisotopic (exact) mass is 212 g/mol. The first-order valence-corrected chi connectivity index (χ1v) is 6.03. The Labute approximate surface area is 87.2 Å². The van der Waals surface area contributed by atoms with Gasteiger partial charge in [0.1, 0.15) is 0 Å². The third-order valence-electron chi connectivity index (χ3n) is 2.00. The van der Waals surface area contributed by atoms with Crippen LogP contribution in [0, 0.1) is 0 Å². The second kappa shape index (κ2) is 5.22. The maximum Gasteiger partial charge on any atom is 0.0580 e. The van der Waals surface area contributed by atoms with Gasteiger partial charge in [0.2, 0.25) is 0 Å². The Hall–Kier alpha value is -0.740. The van der Waals surface area contributed by atoms with Gasteiger partial charge in [-0.15, -0.1) is 0 Å². The second-order valence-electron chi connectivity index (χ2n) is 3.39. The van der Waals surface area contributed by atoms with E-state index in [1.54, 1.807) is 6.20 Å². The number of rotatable bonds is 4. The molecule has 1 rings (SSSR count). The summed E-state index contributed by atoms with van der Waals surface area (Å²) >= 11 is 0. The Kier molecular flexibility index (Phi) is 4.22. The minimum atomic E-state index is -0.830. The average molecular weight is 212 g/mol. The van der Waals surface area contributed by atoms with E-state index in [0.29, 0.717) is 12.3 Å². The highest BCUT2D eigenvalue weighted by Gasteiger charge is 2.09. The molecular formula is C10H16N2OS. The fourth-order valence-corrected chi connectivity index (χ4v) is 2.01. The van der Waals surface area contributed by atoms with Gasteiger partial charge in [-0.05, 0) is 11.6 Å². The topological polar surface area (TPSA) is 56.0 Å². The number of nitrogens with two attached hydrogens (primary N) is 1. The quantitative estimate of drug-likeness (QED) is 0.816. The molecule has 0 amide bonds. The molecular weight excluding hydrogens is 196 g/mol. The lowest BCUT2D eigenvalue weighted by Crippen LogP contribution is -2.11. The lowest BCUT2D eigenvalue weighted by Gasteiger charge is -2.08. The molecule has 1 unspecified atom stereocenters. The van der Waals surface area contributed by atoms with Crippen molar-refractivity contribution in [3.63, 3.8) is 0 Å². The van der Waals surface area contributed by atoms with Crippen molar-refractivity contribution < 1.29 is 4.21 Å². The largest absolute Gasteiger partial charge is 0.325 e. The van der Waals surface area contributed by atoms with Crippen molar-refractivity contribution in [2.45, 2.75) is 31.4 Å². The van der Waals surface area contributed by atoms with Crippen molar-refractivity contribution in [1.82, 2.24) is 4.98 Å². The highest BCUT2D eigenvalue weighted by molar-refractivity contribution is 7.84. The van der Waals surface area contributed by atoms with E-state index >= 15 is 0 Å². The molecule has 0 saturated carbocycles. The Morgan fingerprint density at radius 3 is 2.86 bits per heavy atom. The summed E-state index contributed by atoms with van der Waals surface area (Å²) in [7, 11) is -0.830. The van der Waals surface area contributed by atoms with Crippen LogP contribution in [0.15, 0.2) is 18.3 Å². The second-order valence-corrected chi connectivity index (χ2v) is 5.38. The zero-order valence-electron chi connectivity index (χ0n) is 8.56. The highest BCUT2D eigenvalue weighted by atomic mass is 32.2. The molecule has 0 radical (unpaired) electrons. The first-order valence-electron chi connectivity index (χ1n) is 4.65. The Bertz CT molecular complexity index is 326. The zero-order chi connectivity index (χ0) is 10.6. The van der Waals surface area contributed by atoms with E-state index in [1.165, 1.54) is 0 Å². The van der Waals surface area contributed by atoms with E-state index in [2.05, 4.69) is 4.98 Å². The minimum absolute atomic E-state index is 0.181. The maximum atomic E-state index is 11.6. The fraction of sp³-hybridized carbons (Fsp3) is 0.500.